The lowest BCUT2D eigenvalue weighted by atomic mass is 10.1. The summed E-state index contributed by atoms with van der Waals surface area (Å²) in [5, 5.41) is 5.33. The van der Waals surface area contributed by atoms with Crippen LogP contribution < -0.4 is 14.2 Å². The molecular weight excluding hydrogens is 388 g/mol. The Morgan fingerprint density at radius 2 is 1.86 bits per heavy atom. The number of nitrogens with zero attached hydrogens (tertiary/aromatic N) is 4. The minimum absolute atomic E-state index is 0.572. The third-order valence-electron chi connectivity index (χ3n) is 4.58. The summed E-state index contributed by atoms with van der Waals surface area (Å²) in [6, 6.07) is 15.8. The molecule has 0 amide bonds. The fourth-order valence-corrected chi connectivity index (χ4v) is 3.90. The van der Waals surface area contributed by atoms with E-state index in [1.165, 1.54) is 0 Å². The average molecular weight is 406 g/mol. The summed E-state index contributed by atoms with van der Waals surface area (Å²) in [6.07, 6.45) is 1.75. The van der Waals surface area contributed by atoms with Crippen molar-refractivity contribution >= 4 is 17.5 Å². The highest BCUT2D eigenvalue weighted by molar-refractivity contribution is 7.98. The molecule has 0 fully saturated rings. The van der Waals surface area contributed by atoms with Crippen LogP contribution in [0.4, 0.5) is 0 Å². The number of fused-ring (bicyclic) bond motifs is 2. The standard InChI is InChI=1S/C21H18N4O3S/c1-26-16-5-3-15(4-6-16)17-8-9-22-20-23-21(24-25(17)20)29-13-14-2-7-18-19(12-14)28-11-10-27-18/h2-9,12H,10-11,13H2,1H3. The van der Waals surface area contributed by atoms with Crippen LogP contribution in [-0.2, 0) is 5.75 Å². The van der Waals surface area contributed by atoms with Gasteiger partial charge in [0.15, 0.2) is 11.5 Å². The first-order valence-electron chi connectivity index (χ1n) is 9.18. The molecule has 0 spiro atoms. The molecule has 2 aromatic heterocycles. The summed E-state index contributed by atoms with van der Waals surface area (Å²) < 4.78 is 18.2. The topological polar surface area (TPSA) is 70.8 Å². The second kappa shape index (κ2) is 7.63. The molecule has 0 aliphatic carbocycles. The van der Waals surface area contributed by atoms with Crippen LogP contribution in [0.15, 0.2) is 59.9 Å². The van der Waals surface area contributed by atoms with Gasteiger partial charge in [-0.2, -0.15) is 9.50 Å². The molecule has 146 valence electrons. The highest BCUT2D eigenvalue weighted by atomic mass is 32.2. The molecule has 1 aliphatic heterocycles. The quantitative estimate of drug-likeness (QED) is 0.466. The van der Waals surface area contributed by atoms with Crippen molar-refractivity contribution in [2.45, 2.75) is 10.9 Å². The maximum atomic E-state index is 5.66. The summed E-state index contributed by atoms with van der Waals surface area (Å²) in [4.78, 5) is 8.91. The molecule has 3 heterocycles. The van der Waals surface area contributed by atoms with E-state index >= 15 is 0 Å². The summed E-state index contributed by atoms with van der Waals surface area (Å²) in [5.41, 5.74) is 3.07. The Bertz CT molecular complexity index is 1160. The number of rotatable bonds is 5. The SMILES string of the molecule is COc1ccc(-c2ccnc3nc(SCc4ccc5c(c4)OCCO5)nn23)cc1. The van der Waals surface area contributed by atoms with Gasteiger partial charge in [0.05, 0.1) is 12.8 Å². The smallest absolute Gasteiger partial charge is 0.253 e. The van der Waals surface area contributed by atoms with Gasteiger partial charge in [0.2, 0.25) is 5.16 Å². The fourth-order valence-electron chi connectivity index (χ4n) is 3.14. The summed E-state index contributed by atoms with van der Waals surface area (Å²) in [7, 11) is 1.66. The predicted octanol–water partition coefficient (Wildman–Crippen LogP) is 3.86. The molecule has 0 radical (unpaired) electrons. The van der Waals surface area contributed by atoms with Crippen LogP contribution in [0.1, 0.15) is 5.56 Å². The Morgan fingerprint density at radius 1 is 1.03 bits per heavy atom. The lowest BCUT2D eigenvalue weighted by Crippen LogP contribution is -2.15. The molecule has 1 aliphatic rings. The lowest BCUT2D eigenvalue weighted by Gasteiger charge is -2.18. The summed E-state index contributed by atoms with van der Waals surface area (Å²) >= 11 is 1.56. The van der Waals surface area contributed by atoms with Crippen LogP contribution in [0, 0.1) is 0 Å². The molecular formula is C21H18N4O3S. The maximum absolute atomic E-state index is 5.66. The average Bonchev–Trinajstić information content (AvgIpc) is 3.21. The van der Waals surface area contributed by atoms with Gasteiger partial charge in [-0.05, 0) is 48.0 Å². The summed E-state index contributed by atoms with van der Waals surface area (Å²) in [5.74, 6) is 3.70. The van der Waals surface area contributed by atoms with Crippen molar-refractivity contribution in [2.75, 3.05) is 20.3 Å². The first kappa shape index (κ1) is 17.8. The van der Waals surface area contributed by atoms with Gasteiger partial charge >= 0.3 is 0 Å². The van der Waals surface area contributed by atoms with Crippen LogP contribution in [-0.4, -0.2) is 39.9 Å². The van der Waals surface area contributed by atoms with Gasteiger partial charge in [-0.1, -0.05) is 17.8 Å². The summed E-state index contributed by atoms with van der Waals surface area (Å²) in [6.45, 7) is 1.17. The Hall–Kier alpha value is -3.26. The van der Waals surface area contributed by atoms with Crippen molar-refractivity contribution in [2.24, 2.45) is 0 Å². The van der Waals surface area contributed by atoms with Gasteiger partial charge in [0.25, 0.3) is 5.78 Å². The molecule has 0 saturated carbocycles. The zero-order valence-electron chi connectivity index (χ0n) is 15.7. The molecule has 2 aromatic carbocycles. The van der Waals surface area contributed by atoms with E-state index in [1.54, 1.807) is 29.6 Å². The fraction of sp³-hybridized carbons (Fsp3) is 0.190. The minimum Gasteiger partial charge on any atom is -0.497 e. The maximum Gasteiger partial charge on any atom is 0.253 e. The number of thioether (sulfide) groups is 1. The molecule has 0 unspecified atom stereocenters. The molecule has 0 saturated heterocycles. The Kier molecular flexibility index (Phi) is 4.69. The van der Waals surface area contributed by atoms with Crippen LogP contribution in [0.5, 0.6) is 17.2 Å². The highest BCUT2D eigenvalue weighted by Gasteiger charge is 2.14. The van der Waals surface area contributed by atoms with Crippen LogP contribution >= 0.6 is 11.8 Å². The van der Waals surface area contributed by atoms with Crippen molar-refractivity contribution in [3.05, 3.63) is 60.3 Å². The van der Waals surface area contributed by atoms with Gasteiger partial charge in [0.1, 0.15) is 19.0 Å². The number of ether oxygens (including phenoxy) is 3. The zero-order chi connectivity index (χ0) is 19.6. The normalized spacial score (nSPS) is 12.9. The molecule has 0 atom stereocenters. The van der Waals surface area contributed by atoms with E-state index in [2.05, 4.69) is 15.1 Å². The van der Waals surface area contributed by atoms with Crippen molar-refractivity contribution < 1.29 is 14.2 Å². The zero-order valence-corrected chi connectivity index (χ0v) is 16.6. The Morgan fingerprint density at radius 3 is 2.69 bits per heavy atom. The number of hydrogen-bond acceptors (Lipinski definition) is 7. The first-order chi connectivity index (χ1) is 14.3. The van der Waals surface area contributed by atoms with Crippen molar-refractivity contribution in [3.63, 3.8) is 0 Å². The molecule has 8 heteroatoms. The molecule has 5 rings (SSSR count). The molecule has 4 aromatic rings. The van der Waals surface area contributed by atoms with Gasteiger partial charge < -0.3 is 14.2 Å². The van der Waals surface area contributed by atoms with Gasteiger partial charge in [0, 0.05) is 17.5 Å². The second-order valence-electron chi connectivity index (χ2n) is 6.43. The minimum atomic E-state index is 0.572. The van der Waals surface area contributed by atoms with Crippen LogP contribution in [0.2, 0.25) is 0 Å². The Labute approximate surface area is 171 Å². The predicted molar refractivity (Wildman–Crippen MR) is 110 cm³/mol. The van der Waals surface area contributed by atoms with E-state index < -0.39 is 0 Å². The first-order valence-corrected chi connectivity index (χ1v) is 10.2. The van der Waals surface area contributed by atoms with Crippen molar-refractivity contribution in [1.29, 1.82) is 0 Å². The van der Waals surface area contributed by atoms with Crippen LogP contribution in [0.25, 0.3) is 17.0 Å². The number of aromatic nitrogens is 4. The van der Waals surface area contributed by atoms with E-state index in [0.717, 1.165) is 39.8 Å². The monoisotopic (exact) mass is 406 g/mol. The van der Waals surface area contributed by atoms with E-state index in [1.807, 2.05) is 48.5 Å². The van der Waals surface area contributed by atoms with E-state index in [9.17, 15) is 0 Å². The van der Waals surface area contributed by atoms with Gasteiger partial charge in [-0.25, -0.2) is 4.98 Å². The van der Waals surface area contributed by atoms with Gasteiger partial charge in [-0.3, -0.25) is 0 Å². The Balaban J connectivity index is 1.38. The number of methoxy groups -OCH3 is 1. The number of benzene rings is 2. The molecule has 29 heavy (non-hydrogen) atoms. The van der Waals surface area contributed by atoms with Gasteiger partial charge in [-0.15, -0.1) is 5.10 Å². The van der Waals surface area contributed by atoms with Crippen molar-refractivity contribution in [1.82, 2.24) is 19.6 Å². The molecule has 7 nitrogen and oxygen atoms in total. The number of hydrogen-bond donors (Lipinski definition) is 0. The van der Waals surface area contributed by atoms with Crippen molar-refractivity contribution in [3.8, 4) is 28.5 Å². The molecule has 0 N–H and O–H groups in total. The van der Waals surface area contributed by atoms with E-state index in [0.29, 0.717) is 24.1 Å². The van der Waals surface area contributed by atoms with Crippen LogP contribution in [0.3, 0.4) is 0 Å². The molecule has 0 bridgehead atoms. The highest BCUT2D eigenvalue weighted by Crippen LogP contribution is 2.33. The second-order valence-corrected chi connectivity index (χ2v) is 7.37. The third-order valence-corrected chi connectivity index (χ3v) is 5.49. The van der Waals surface area contributed by atoms with E-state index in [4.69, 9.17) is 14.2 Å². The largest absolute Gasteiger partial charge is 0.497 e. The lowest BCUT2D eigenvalue weighted by molar-refractivity contribution is 0.171. The third kappa shape index (κ3) is 3.58. The van der Waals surface area contributed by atoms with E-state index in [-0.39, 0.29) is 0 Å².